The molecule has 0 bridgehead atoms. The van der Waals surface area contributed by atoms with Crippen LogP contribution in [-0.4, -0.2) is 66.7 Å². The Bertz CT molecular complexity index is 821. The topological polar surface area (TPSA) is 73.4 Å². The number of carbonyl (C=O) groups excluding carboxylic acids is 1. The van der Waals surface area contributed by atoms with Gasteiger partial charge in [0.25, 0.3) is 0 Å². The highest BCUT2D eigenvalue weighted by Crippen LogP contribution is 2.31. The molecule has 0 unspecified atom stereocenters. The van der Waals surface area contributed by atoms with Crippen molar-refractivity contribution < 1.29 is 18.0 Å². The molecule has 1 saturated heterocycles. The third-order valence-corrected chi connectivity index (χ3v) is 4.61. The number of rotatable bonds is 5. The number of urea groups is 1. The van der Waals surface area contributed by atoms with Crippen molar-refractivity contribution in [3.8, 4) is 0 Å². The first-order chi connectivity index (χ1) is 13.4. The molecule has 2 aromatic heterocycles. The Morgan fingerprint density at radius 1 is 1.14 bits per heavy atom. The van der Waals surface area contributed by atoms with Gasteiger partial charge in [-0.05, 0) is 25.1 Å². The molecule has 152 valence electrons. The zero-order chi connectivity index (χ0) is 20.1. The maximum Gasteiger partial charge on any atom is 0.433 e. The van der Waals surface area contributed by atoms with Gasteiger partial charge in [0, 0.05) is 57.4 Å². The van der Waals surface area contributed by atoms with E-state index in [9.17, 15) is 18.0 Å². The molecular formula is C18H23F3N6O. The predicted molar refractivity (Wildman–Crippen MR) is 100 cm³/mol. The van der Waals surface area contributed by atoms with Crippen molar-refractivity contribution >= 4 is 22.8 Å². The van der Waals surface area contributed by atoms with Gasteiger partial charge in [0.15, 0.2) is 0 Å². The van der Waals surface area contributed by atoms with Gasteiger partial charge in [-0.15, -0.1) is 0 Å². The van der Waals surface area contributed by atoms with Crippen LogP contribution < -0.4 is 15.5 Å². The number of anilines is 1. The monoisotopic (exact) mass is 396 g/mol. The molecule has 2 N–H and O–H groups in total. The van der Waals surface area contributed by atoms with Crippen molar-refractivity contribution in [2.75, 3.05) is 50.7 Å². The van der Waals surface area contributed by atoms with E-state index in [1.54, 1.807) is 0 Å². The molecule has 7 nitrogen and oxygen atoms in total. The van der Waals surface area contributed by atoms with Crippen LogP contribution in [0.5, 0.6) is 0 Å². The molecule has 0 spiro atoms. The summed E-state index contributed by atoms with van der Waals surface area (Å²) in [6.07, 6.45) is -2.97. The van der Waals surface area contributed by atoms with E-state index in [0.717, 1.165) is 25.7 Å². The Morgan fingerprint density at radius 2 is 1.89 bits per heavy atom. The minimum Gasteiger partial charge on any atom is -0.353 e. The number of piperazine rings is 1. The Labute approximate surface area is 160 Å². The van der Waals surface area contributed by atoms with Crippen LogP contribution in [0.25, 0.3) is 10.9 Å². The molecule has 0 aliphatic carbocycles. The average molecular weight is 396 g/mol. The van der Waals surface area contributed by atoms with Crippen molar-refractivity contribution in [1.82, 2.24) is 25.5 Å². The van der Waals surface area contributed by atoms with Crippen LogP contribution in [-0.2, 0) is 6.18 Å². The van der Waals surface area contributed by atoms with Crippen LogP contribution >= 0.6 is 0 Å². The van der Waals surface area contributed by atoms with E-state index in [4.69, 9.17) is 0 Å². The summed E-state index contributed by atoms with van der Waals surface area (Å²) in [6.45, 7) is 6.71. The van der Waals surface area contributed by atoms with Gasteiger partial charge in [0.2, 0.25) is 0 Å². The third kappa shape index (κ3) is 4.80. The van der Waals surface area contributed by atoms with Crippen molar-refractivity contribution in [3.63, 3.8) is 0 Å². The number of alkyl halides is 3. The summed E-state index contributed by atoms with van der Waals surface area (Å²) in [4.78, 5) is 23.8. The number of aromatic nitrogens is 2. The second-order valence-electron chi connectivity index (χ2n) is 6.51. The van der Waals surface area contributed by atoms with Crippen molar-refractivity contribution in [2.45, 2.75) is 13.1 Å². The normalized spacial score (nSPS) is 15.6. The maximum atomic E-state index is 12.9. The highest BCUT2D eigenvalue weighted by molar-refractivity contribution is 5.89. The number of carbonyl (C=O) groups is 1. The van der Waals surface area contributed by atoms with E-state index in [1.807, 2.05) is 6.92 Å². The maximum absolute atomic E-state index is 12.9. The highest BCUT2D eigenvalue weighted by atomic mass is 19.4. The zero-order valence-electron chi connectivity index (χ0n) is 15.6. The predicted octanol–water partition coefficient (Wildman–Crippen LogP) is 2.09. The Kier molecular flexibility index (Phi) is 6.18. The highest BCUT2D eigenvalue weighted by Gasteiger charge is 2.32. The molecule has 0 atom stereocenters. The summed E-state index contributed by atoms with van der Waals surface area (Å²) >= 11 is 0. The molecule has 3 rings (SSSR count). The molecule has 3 heterocycles. The van der Waals surface area contributed by atoms with Crippen LogP contribution in [0.2, 0.25) is 0 Å². The van der Waals surface area contributed by atoms with Crippen molar-refractivity contribution in [1.29, 1.82) is 0 Å². The first-order valence-electron chi connectivity index (χ1n) is 9.20. The molecule has 1 fully saturated rings. The number of amides is 2. The van der Waals surface area contributed by atoms with E-state index in [-0.39, 0.29) is 11.5 Å². The Balaban J connectivity index is 1.61. The number of fused-ring (bicyclic) bond motifs is 1. The van der Waals surface area contributed by atoms with Gasteiger partial charge in [0.1, 0.15) is 11.5 Å². The number of halogens is 3. The summed E-state index contributed by atoms with van der Waals surface area (Å²) < 4.78 is 38.7. The number of nitrogens with one attached hydrogen (secondary N) is 2. The fourth-order valence-electron chi connectivity index (χ4n) is 3.18. The van der Waals surface area contributed by atoms with Crippen LogP contribution in [0.1, 0.15) is 12.6 Å². The van der Waals surface area contributed by atoms with Crippen molar-refractivity contribution in [3.05, 3.63) is 30.1 Å². The summed E-state index contributed by atoms with van der Waals surface area (Å²) in [5.41, 5.74) is -0.616. The van der Waals surface area contributed by atoms with E-state index in [0.29, 0.717) is 37.4 Å². The van der Waals surface area contributed by atoms with E-state index >= 15 is 0 Å². The standard InChI is InChI=1S/C18H23F3N6O/c1-2-22-17(28)24-7-8-26-9-11-27(12-10-26)16-13-3-4-15(18(19,20)21)25-14(13)5-6-23-16/h3-6H,2,7-12H2,1H3,(H2,22,24,28). The molecule has 2 amide bonds. The molecule has 10 heteroatoms. The lowest BCUT2D eigenvalue weighted by molar-refractivity contribution is -0.140. The third-order valence-electron chi connectivity index (χ3n) is 4.61. The van der Waals surface area contributed by atoms with Gasteiger partial charge in [0.05, 0.1) is 5.52 Å². The van der Waals surface area contributed by atoms with Crippen LogP contribution in [0.15, 0.2) is 24.4 Å². The van der Waals surface area contributed by atoms with Gasteiger partial charge in [-0.2, -0.15) is 13.2 Å². The molecule has 0 radical (unpaired) electrons. The minimum atomic E-state index is -4.47. The van der Waals surface area contributed by atoms with Gasteiger partial charge in [-0.1, -0.05) is 0 Å². The van der Waals surface area contributed by atoms with Gasteiger partial charge in [-0.3, -0.25) is 4.90 Å². The quantitative estimate of drug-likeness (QED) is 0.810. The largest absolute Gasteiger partial charge is 0.433 e. The Hall–Kier alpha value is -2.62. The lowest BCUT2D eigenvalue weighted by atomic mass is 10.2. The fraction of sp³-hybridized carbons (Fsp3) is 0.500. The molecule has 0 aromatic carbocycles. The molecule has 2 aromatic rings. The summed E-state index contributed by atoms with van der Waals surface area (Å²) in [5, 5.41) is 6.09. The summed E-state index contributed by atoms with van der Waals surface area (Å²) in [6, 6.07) is 3.76. The van der Waals surface area contributed by atoms with Crippen LogP contribution in [0.3, 0.4) is 0 Å². The lowest BCUT2D eigenvalue weighted by Gasteiger charge is -2.35. The smallest absolute Gasteiger partial charge is 0.353 e. The SMILES string of the molecule is CCNC(=O)NCCN1CCN(c2nccc3nc(C(F)(F)F)ccc23)CC1. The Morgan fingerprint density at radius 3 is 2.57 bits per heavy atom. The fourth-order valence-corrected chi connectivity index (χ4v) is 3.18. The van der Waals surface area contributed by atoms with Gasteiger partial charge < -0.3 is 15.5 Å². The van der Waals surface area contributed by atoms with Crippen molar-refractivity contribution in [2.24, 2.45) is 0 Å². The number of hydrogen-bond acceptors (Lipinski definition) is 5. The lowest BCUT2D eigenvalue weighted by Crippen LogP contribution is -2.49. The molecule has 1 aliphatic rings. The molecule has 1 aliphatic heterocycles. The summed E-state index contributed by atoms with van der Waals surface area (Å²) in [5.74, 6) is 0.652. The van der Waals surface area contributed by atoms with E-state index in [1.165, 1.54) is 18.3 Å². The summed E-state index contributed by atoms with van der Waals surface area (Å²) in [7, 11) is 0. The number of nitrogens with zero attached hydrogens (tertiary/aromatic N) is 4. The second kappa shape index (κ2) is 8.59. The van der Waals surface area contributed by atoms with Crippen LogP contribution in [0, 0.1) is 0 Å². The first-order valence-corrected chi connectivity index (χ1v) is 9.20. The average Bonchev–Trinajstić information content (AvgIpc) is 2.67. The first kappa shape index (κ1) is 20.1. The molecule has 0 saturated carbocycles. The molecular weight excluding hydrogens is 373 g/mol. The van der Waals surface area contributed by atoms with Crippen LogP contribution in [0.4, 0.5) is 23.8 Å². The number of pyridine rings is 2. The molecule has 28 heavy (non-hydrogen) atoms. The second-order valence-corrected chi connectivity index (χ2v) is 6.51. The van der Waals surface area contributed by atoms with E-state index < -0.39 is 11.9 Å². The van der Waals surface area contributed by atoms with E-state index in [2.05, 4.69) is 30.4 Å². The van der Waals surface area contributed by atoms with Gasteiger partial charge in [-0.25, -0.2) is 14.8 Å². The minimum absolute atomic E-state index is 0.174. The van der Waals surface area contributed by atoms with Gasteiger partial charge >= 0.3 is 12.2 Å². The zero-order valence-corrected chi connectivity index (χ0v) is 15.6. The number of hydrogen-bond donors (Lipinski definition) is 2.